The summed E-state index contributed by atoms with van der Waals surface area (Å²) < 4.78 is 0. The molecule has 28 heavy (non-hydrogen) atoms. The van der Waals surface area contributed by atoms with E-state index in [9.17, 15) is 9.59 Å². The van der Waals surface area contributed by atoms with Crippen LogP contribution in [0.1, 0.15) is 61.8 Å². The van der Waals surface area contributed by atoms with Crippen LogP contribution >= 0.6 is 0 Å². The van der Waals surface area contributed by atoms with Crippen molar-refractivity contribution in [1.29, 1.82) is 0 Å². The number of carbonyl (C=O) groups is 2. The summed E-state index contributed by atoms with van der Waals surface area (Å²) in [5.41, 5.74) is 5.15. The molecule has 148 valence electrons. The van der Waals surface area contributed by atoms with Gasteiger partial charge in [-0.3, -0.25) is 14.9 Å². The summed E-state index contributed by atoms with van der Waals surface area (Å²) in [6.45, 7) is 4.36. The molecular weight excluding hydrogens is 348 g/mol. The molecule has 0 atom stereocenters. The lowest BCUT2D eigenvalue weighted by atomic mass is 9.89. The zero-order chi connectivity index (χ0) is 19.2. The third-order valence-corrected chi connectivity index (χ3v) is 5.05. The van der Waals surface area contributed by atoms with Crippen LogP contribution in [-0.2, 0) is 22.4 Å². The number of hydrogen-bond donors (Lipinski definition) is 2. The number of aryl methyl sites for hydroxylation is 2. The topological polar surface area (TPSA) is 81.2 Å². The van der Waals surface area contributed by atoms with Crippen molar-refractivity contribution in [3.05, 3.63) is 70.8 Å². The smallest absolute Gasteiger partial charge is 0.259 e. The number of nitrogens with one attached hydrogen (secondary N) is 1. The third-order valence-electron chi connectivity index (χ3n) is 5.05. The summed E-state index contributed by atoms with van der Waals surface area (Å²) in [6.07, 6.45) is 6.43. The van der Waals surface area contributed by atoms with Gasteiger partial charge < -0.3 is 6.15 Å². The highest BCUT2D eigenvalue weighted by molar-refractivity contribution is 6.49. The first-order valence-electron chi connectivity index (χ1n) is 9.93. The first kappa shape index (κ1) is 21.6. The van der Waals surface area contributed by atoms with Gasteiger partial charge in [0, 0.05) is 0 Å². The first-order valence-corrected chi connectivity index (χ1v) is 9.93. The molecule has 2 amide bonds. The summed E-state index contributed by atoms with van der Waals surface area (Å²) in [5, 5.41) is 2.49. The number of imide groups is 1. The minimum absolute atomic E-state index is 0. The molecule has 2 aromatic rings. The van der Waals surface area contributed by atoms with Gasteiger partial charge in [0.25, 0.3) is 11.8 Å². The van der Waals surface area contributed by atoms with Crippen molar-refractivity contribution in [2.45, 2.75) is 52.4 Å². The predicted molar refractivity (Wildman–Crippen MR) is 115 cm³/mol. The minimum Gasteiger partial charge on any atom is -0.344 e. The van der Waals surface area contributed by atoms with Crippen LogP contribution in [0.3, 0.4) is 0 Å². The second-order valence-electron chi connectivity index (χ2n) is 7.10. The van der Waals surface area contributed by atoms with Gasteiger partial charge >= 0.3 is 0 Å². The van der Waals surface area contributed by atoms with E-state index in [-0.39, 0.29) is 18.0 Å². The molecule has 0 radical (unpaired) electrons. The van der Waals surface area contributed by atoms with Crippen molar-refractivity contribution in [2.75, 3.05) is 0 Å². The van der Waals surface area contributed by atoms with Gasteiger partial charge in [-0.2, -0.15) is 0 Å². The molecule has 3 rings (SSSR count). The molecule has 0 unspecified atom stereocenters. The first-order chi connectivity index (χ1) is 13.2. The molecular formula is C24H30N2O2. The van der Waals surface area contributed by atoms with E-state index in [1.54, 1.807) is 0 Å². The highest BCUT2D eigenvalue weighted by atomic mass is 16.2. The zero-order valence-electron chi connectivity index (χ0n) is 16.9. The van der Waals surface area contributed by atoms with E-state index >= 15 is 0 Å². The summed E-state index contributed by atoms with van der Waals surface area (Å²) >= 11 is 0. The van der Waals surface area contributed by atoms with Gasteiger partial charge in [0.15, 0.2) is 0 Å². The number of amides is 2. The van der Waals surface area contributed by atoms with Gasteiger partial charge in [-0.1, -0.05) is 75.2 Å². The monoisotopic (exact) mass is 378 g/mol. The second-order valence-corrected chi connectivity index (χ2v) is 7.10. The molecule has 0 bridgehead atoms. The normalized spacial score (nSPS) is 13.5. The lowest BCUT2D eigenvalue weighted by Gasteiger charge is -2.13. The quantitative estimate of drug-likeness (QED) is 0.627. The fourth-order valence-corrected chi connectivity index (χ4v) is 3.59. The highest BCUT2D eigenvalue weighted by Crippen LogP contribution is 2.34. The lowest BCUT2D eigenvalue weighted by Crippen LogP contribution is -2.23. The summed E-state index contributed by atoms with van der Waals surface area (Å²) in [5.74, 6) is -0.601. The molecule has 0 spiro atoms. The maximum absolute atomic E-state index is 12.7. The maximum Gasteiger partial charge on any atom is 0.259 e. The van der Waals surface area contributed by atoms with Crippen molar-refractivity contribution >= 4 is 23.0 Å². The SMILES string of the molecule is CCCCc1ccc(C2=C(c3ccccc3)C(=O)NC2=O)c(CCCC)c1.N. The summed E-state index contributed by atoms with van der Waals surface area (Å²) in [4.78, 5) is 25.2. The van der Waals surface area contributed by atoms with Gasteiger partial charge in [0.1, 0.15) is 0 Å². The van der Waals surface area contributed by atoms with E-state index in [2.05, 4.69) is 31.3 Å². The molecule has 0 saturated heterocycles. The van der Waals surface area contributed by atoms with Crippen molar-refractivity contribution in [3.63, 3.8) is 0 Å². The Hall–Kier alpha value is -2.72. The molecule has 1 aliphatic rings. The van der Waals surface area contributed by atoms with Crippen molar-refractivity contribution < 1.29 is 9.59 Å². The highest BCUT2D eigenvalue weighted by Gasteiger charge is 2.33. The second kappa shape index (κ2) is 10.00. The molecule has 1 heterocycles. The van der Waals surface area contributed by atoms with E-state index in [0.717, 1.165) is 49.7 Å². The average molecular weight is 379 g/mol. The van der Waals surface area contributed by atoms with Crippen LogP contribution in [0.5, 0.6) is 0 Å². The molecule has 0 fully saturated rings. The Morgan fingerprint density at radius 3 is 2.11 bits per heavy atom. The Morgan fingerprint density at radius 2 is 1.43 bits per heavy atom. The minimum atomic E-state index is -0.308. The Kier molecular flexibility index (Phi) is 7.70. The number of rotatable bonds is 8. The molecule has 1 aliphatic heterocycles. The zero-order valence-corrected chi connectivity index (χ0v) is 16.9. The fourth-order valence-electron chi connectivity index (χ4n) is 3.59. The number of carbonyl (C=O) groups excluding carboxylic acids is 2. The fraction of sp³-hybridized carbons (Fsp3) is 0.333. The van der Waals surface area contributed by atoms with E-state index in [1.807, 2.05) is 36.4 Å². The van der Waals surface area contributed by atoms with Crippen molar-refractivity contribution in [2.24, 2.45) is 0 Å². The van der Waals surface area contributed by atoms with Gasteiger partial charge in [-0.25, -0.2) is 0 Å². The molecule has 4 N–H and O–H groups in total. The average Bonchev–Trinajstić information content (AvgIpc) is 2.99. The van der Waals surface area contributed by atoms with Crippen LogP contribution < -0.4 is 11.5 Å². The van der Waals surface area contributed by atoms with Crippen LogP contribution in [-0.4, -0.2) is 11.8 Å². The molecule has 0 saturated carbocycles. The lowest BCUT2D eigenvalue weighted by molar-refractivity contribution is -0.122. The number of benzene rings is 2. The van der Waals surface area contributed by atoms with Crippen LogP contribution in [0, 0.1) is 0 Å². The summed E-state index contributed by atoms with van der Waals surface area (Å²) in [7, 11) is 0. The Bertz CT molecular complexity index is 869. The van der Waals surface area contributed by atoms with E-state index in [0.29, 0.717) is 11.1 Å². The van der Waals surface area contributed by atoms with Gasteiger partial charge in [0.2, 0.25) is 0 Å². The Balaban J connectivity index is 0.00000280. The van der Waals surface area contributed by atoms with Gasteiger partial charge in [-0.05, 0) is 47.9 Å². The molecule has 0 aromatic heterocycles. The largest absolute Gasteiger partial charge is 0.344 e. The van der Waals surface area contributed by atoms with E-state index < -0.39 is 0 Å². The van der Waals surface area contributed by atoms with E-state index in [1.165, 1.54) is 11.1 Å². The van der Waals surface area contributed by atoms with Crippen LogP contribution in [0.4, 0.5) is 0 Å². The molecule has 4 heteroatoms. The number of unbranched alkanes of at least 4 members (excludes halogenated alkanes) is 2. The van der Waals surface area contributed by atoms with Crippen LogP contribution in [0.15, 0.2) is 48.5 Å². The molecule has 0 aliphatic carbocycles. The Morgan fingerprint density at radius 1 is 0.786 bits per heavy atom. The third kappa shape index (κ3) is 4.57. The van der Waals surface area contributed by atoms with Gasteiger partial charge in [-0.15, -0.1) is 0 Å². The molecule has 4 nitrogen and oxygen atoms in total. The standard InChI is InChI=1S/C24H27NO2.H3N/c1-3-5-10-17-14-15-20(19(16-17)11-6-4-2)22-21(23(26)25-24(22)27)18-12-8-7-9-13-18;/h7-9,12-16H,3-6,10-11H2,1-2H3,(H,25,26,27);1H3. The van der Waals surface area contributed by atoms with Gasteiger partial charge in [0.05, 0.1) is 11.1 Å². The van der Waals surface area contributed by atoms with Crippen molar-refractivity contribution in [3.8, 4) is 0 Å². The van der Waals surface area contributed by atoms with E-state index in [4.69, 9.17) is 0 Å². The molecule has 2 aromatic carbocycles. The maximum atomic E-state index is 12.7. The number of hydrogen-bond acceptors (Lipinski definition) is 3. The predicted octanol–water partition coefficient (Wildman–Crippen LogP) is 5.10. The Labute approximate surface area is 167 Å². The van der Waals surface area contributed by atoms with Crippen molar-refractivity contribution in [1.82, 2.24) is 11.5 Å². The van der Waals surface area contributed by atoms with Crippen LogP contribution in [0.2, 0.25) is 0 Å². The summed E-state index contributed by atoms with van der Waals surface area (Å²) in [6, 6.07) is 15.8. The van der Waals surface area contributed by atoms with Crippen LogP contribution in [0.25, 0.3) is 11.1 Å².